The van der Waals surface area contributed by atoms with Crippen LogP contribution >= 0.6 is 0 Å². The maximum absolute atomic E-state index is 13.3. The first-order valence-electron chi connectivity index (χ1n) is 8.85. The van der Waals surface area contributed by atoms with Gasteiger partial charge in [0.05, 0.1) is 23.3 Å². The van der Waals surface area contributed by atoms with Crippen LogP contribution in [0, 0.1) is 16.0 Å². The van der Waals surface area contributed by atoms with Gasteiger partial charge in [-0.05, 0) is 29.7 Å². The highest BCUT2D eigenvalue weighted by Gasteiger charge is 2.37. The quantitative estimate of drug-likeness (QED) is 0.631. The standard InChI is InChI=1S/C20H21N3O5/c1-12(2)18-19(24)21-17-9-6-14(23(26)27)10-16(17)20(25)22(18)11-13-4-7-15(28-3)8-5-13/h4-10,12,18H,11H2,1-3H3,(H,21,24)/t18-/m1/s1. The van der Waals surface area contributed by atoms with Gasteiger partial charge in [0.1, 0.15) is 11.8 Å². The Labute approximate surface area is 162 Å². The van der Waals surface area contributed by atoms with Crippen LogP contribution in [0.4, 0.5) is 11.4 Å². The number of nitrogens with zero attached hydrogens (tertiary/aromatic N) is 2. The van der Waals surface area contributed by atoms with Gasteiger partial charge in [-0.2, -0.15) is 0 Å². The number of hydrogen-bond acceptors (Lipinski definition) is 5. The summed E-state index contributed by atoms with van der Waals surface area (Å²) in [4.78, 5) is 38.1. The van der Waals surface area contributed by atoms with E-state index < -0.39 is 16.9 Å². The molecule has 0 aliphatic carbocycles. The lowest BCUT2D eigenvalue weighted by molar-refractivity contribution is -0.384. The summed E-state index contributed by atoms with van der Waals surface area (Å²) in [7, 11) is 1.57. The maximum Gasteiger partial charge on any atom is 0.270 e. The second-order valence-corrected chi connectivity index (χ2v) is 6.95. The van der Waals surface area contributed by atoms with Crippen molar-refractivity contribution in [3.63, 3.8) is 0 Å². The first-order chi connectivity index (χ1) is 13.3. The van der Waals surface area contributed by atoms with Crippen molar-refractivity contribution < 1.29 is 19.2 Å². The fourth-order valence-corrected chi connectivity index (χ4v) is 3.32. The zero-order valence-corrected chi connectivity index (χ0v) is 15.8. The molecule has 3 rings (SSSR count). The summed E-state index contributed by atoms with van der Waals surface area (Å²) in [6.07, 6.45) is 0. The maximum atomic E-state index is 13.3. The number of amides is 2. The Hall–Kier alpha value is -3.42. The van der Waals surface area contributed by atoms with Gasteiger partial charge in [-0.15, -0.1) is 0 Å². The topological polar surface area (TPSA) is 102 Å². The minimum absolute atomic E-state index is 0.110. The Morgan fingerprint density at radius 2 is 1.86 bits per heavy atom. The number of ether oxygens (including phenoxy) is 1. The Morgan fingerprint density at radius 3 is 2.43 bits per heavy atom. The lowest BCUT2D eigenvalue weighted by Crippen LogP contribution is -2.47. The van der Waals surface area contributed by atoms with Crippen molar-refractivity contribution in [1.29, 1.82) is 0 Å². The number of carbonyl (C=O) groups is 2. The third kappa shape index (κ3) is 3.66. The van der Waals surface area contributed by atoms with Crippen molar-refractivity contribution in [2.45, 2.75) is 26.4 Å². The first-order valence-corrected chi connectivity index (χ1v) is 8.85. The molecule has 146 valence electrons. The van der Waals surface area contributed by atoms with E-state index in [1.807, 2.05) is 26.0 Å². The third-order valence-corrected chi connectivity index (χ3v) is 4.71. The number of nitro benzene ring substituents is 1. The monoisotopic (exact) mass is 383 g/mol. The Balaban J connectivity index is 2.04. The van der Waals surface area contributed by atoms with Crippen molar-refractivity contribution >= 4 is 23.2 Å². The van der Waals surface area contributed by atoms with Crippen LogP contribution in [0.5, 0.6) is 5.75 Å². The van der Waals surface area contributed by atoms with Gasteiger partial charge in [0.2, 0.25) is 5.91 Å². The number of fused-ring (bicyclic) bond motifs is 1. The van der Waals surface area contributed by atoms with Crippen LogP contribution in [0.25, 0.3) is 0 Å². The number of benzene rings is 2. The summed E-state index contributed by atoms with van der Waals surface area (Å²) in [5.74, 6) is -0.201. The van der Waals surface area contributed by atoms with Crippen molar-refractivity contribution in [2.75, 3.05) is 12.4 Å². The highest BCUT2D eigenvalue weighted by atomic mass is 16.6. The number of methoxy groups -OCH3 is 1. The fourth-order valence-electron chi connectivity index (χ4n) is 3.32. The molecule has 1 heterocycles. The van der Waals surface area contributed by atoms with Gasteiger partial charge in [0.25, 0.3) is 11.6 Å². The highest BCUT2D eigenvalue weighted by Crippen LogP contribution is 2.30. The van der Waals surface area contributed by atoms with E-state index in [0.717, 1.165) is 5.56 Å². The zero-order valence-electron chi connectivity index (χ0n) is 15.8. The molecule has 1 atom stereocenters. The average Bonchev–Trinajstić information content (AvgIpc) is 2.76. The zero-order chi connectivity index (χ0) is 20.4. The highest BCUT2D eigenvalue weighted by molar-refractivity contribution is 6.10. The average molecular weight is 383 g/mol. The number of carbonyl (C=O) groups excluding carboxylic acids is 2. The number of anilines is 1. The van der Waals surface area contributed by atoms with Crippen molar-refractivity contribution in [2.24, 2.45) is 5.92 Å². The third-order valence-electron chi connectivity index (χ3n) is 4.71. The van der Waals surface area contributed by atoms with Crippen LogP contribution in [-0.4, -0.2) is 34.8 Å². The number of nitrogens with one attached hydrogen (secondary N) is 1. The molecular formula is C20H21N3O5. The summed E-state index contributed by atoms with van der Waals surface area (Å²) in [5, 5.41) is 13.9. The molecule has 8 heteroatoms. The van der Waals surface area contributed by atoms with Crippen molar-refractivity contribution in [1.82, 2.24) is 4.90 Å². The molecule has 28 heavy (non-hydrogen) atoms. The minimum Gasteiger partial charge on any atom is -0.497 e. The summed E-state index contributed by atoms with van der Waals surface area (Å²) in [6, 6.07) is 10.4. The molecule has 1 N–H and O–H groups in total. The van der Waals surface area contributed by atoms with E-state index in [2.05, 4.69) is 5.32 Å². The summed E-state index contributed by atoms with van der Waals surface area (Å²) >= 11 is 0. The molecule has 0 spiro atoms. The van der Waals surface area contributed by atoms with E-state index in [-0.39, 0.29) is 35.3 Å². The first kappa shape index (κ1) is 19.3. The van der Waals surface area contributed by atoms with E-state index in [1.54, 1.807) is 19.2 Å². The molecule has 2 aromatic rings. The SMILES string of the molecule is COc1ccc(CN2C(=O)c3cc([N+](=O)[O-])ccc3NC(=O)[C@H]2C(C)C)cc1. The number of nitro groups is 1. The molecule has 0 fully saturated rings. The number of non-ortho nitro benzene ring substituents is 1. The van der Waals surface area contributed by atoms with Crippen LogP contribution < -0.4 is 10.1 Å². The van der Waals surface area contributed by atoms with Gasteiger partial charge in [0, 0.05) is 18.7 Å². The van der Waals surface area contributed by atoms with Crippen LogP contribution in [0.15, 0.2) is 42.5 Å². The number of rotatable bonds is 5. The van der Waals surface area contributed by atoms with Gasteiger partial charge < -0.3 is 15.0 Å². The van der Waals surface area contributed by atoms with E-state index >= 15 is 0 Å². The lowest BCUT2D eigenvalue weighted by Gasteiger charge is -2.31. The summed E-state index contributed by atoms with van der Waals surface area (Å²) < 4.78 is 5.15. The van der Waals surface area contributed by atoms with E-state index in [9.17, 15) is 19.7 Å². The molecule has 1 aliphatic heterocycles. The molecule has 0 saturated heterocycles. The van der Waals surface area contributed by atoms with Gasteiger partial charge in [-0.1, -0.05) is 26.0 Å². The predicted octanol–water partition coefficient (Wildman–Crippen LogP) is 3.22. The van der Waals surface area contributed by atoms with E-state index in [0.29, 0.717) is 5.75 Å². The second kappa shape index (κ2) is 7.67. The molecule has 8 nitrogen and oxygen atoms in total. The Kier molecular flexibility index (Phi) is 5.30. The second-order valence-electron chi connectivity index (χ2n) is 6.95. The lowest BCUT2D eigenvalue weighted by atomic mass is 10.0. The van der Waals surface area contributed by atoms with Gasteiger partial charge >= 0.3 is 0 Å². The molecule has 0 unspecified atom stereocenters. The van der Waals surface area contributed by atoms with Crippen LogP contribution in [-0.2, 0) is 11.3 Å². The van der Waals surface area contributed by atoms with Gasteiger partial charge in [-0.3, -0.25) is 19.7 Å². The predicted molar refractivity (Wildman–Crippen MR) is 103 cm³/mol. The molecule has 0 saturated carbocycles. The molecule has 2 aromatic carbocycles. The van der Waals surface area contributed by atoms with Crippen LogP contribution in [0.2, 0.25) is 0 Å². The molecular weight excluding hydrogens is 362 g/mol. The van der Waals surface area contributed by atoms with Crippen LogP contribution in [0.3, 0.4) is 0 Å². The Bertz CT molecular complexity index is 924. The van der Waals surface area contributed by atoms with Crippen molar-refractivity contribution in [3.05, 3.63) is 63.7 Å². The van der Waals surface area contributed by atoms with Crippen molar-refractivity contribution in [3.8, 4) is 5.75 Å². The molecule has 0 aromatic heterocycles. The largest absolute Gasteiger partial charge is 0.497 e. The summed E-state index contributed by atoms with van der Waals surface area (Å²) in [5.41, 5.74) is 1.01. The summed E-state index contributed by atoms with van der Waals surface area (Å²) in [6.45, 7) is 3.91. The molecule has 0 bridgehead atoms. The molecule has 0 radical (unpaired) electrons. The Morgan fingerprint density at radius 1 is 1.18 bits per heavy atom. The molecule has 1 aliphatic rings. The van der Waals surface area contributed by atoms with E-state index in [1.165, 1.54) is 23.1 Å². The normalized spacial score (nSPS) is 16.4. The number of hydrogen-bond donors (Lipinski definition) is 1. The van der Waals surface area contributed by atoms with E-state index in [4.69, 9.17) is 4.74 Å². The fraction of sp³-hybridized carbons (Fsp3) is 0.300. The smallest absolute Gasteiger partial charge is 0.270 e. The minimum atomic E-state index is -0.707. The van der Waals surface area contributed by atoms with Gasteiger partial charge in [-0.25, -0.2) is 0 Å². The molecule has 2 amide bonds. The van der Waals surface area contributed by atoms with Gasteiger partial charge in [0.15, 0.2) is 0 Å². The van der Waals surface area contributed by atoms with Crippen LogP contribution in [0.1, 0.15) is 29.8 Å².